The van der Waals surface area contributed by atoms with Crippen LogP contribution in [0, 0.1) is 0 Å². The highest BCUT2D eigenvalue weighted by Crippen LogP contribution is 2.21. The summed E-state index contributed by atoms with van der Waals surface area (Å²) in [6, 6.07) is 11.1. The fourth-order valence-electron chi connectivity index (χ4n) is 2.16. The largest absolute Gasteiger partial charge is 0.437 e. The Bertz CT molecular complexity index is 884. The van der Waals surface area contributed by atoms with E-state index in [4.69, 9.17) is 4.42 Å². The second-order valence-electron chi connectivity index (χ2n) is 5.15. The molecule has 0 saturated heterocycles. The van der Waals surface area contributed by atoms with Crippen LogP contribution in [0.1, 0.15) is 18.5 Å². The van der Waals surface area contributed by atoms with Gasteiger partial charge in [0.1, 0.15) is 6.54 Å². The van der Waals surface area contributed by atoms with E-state index in [9.17, 15) is 9.59 Å². The molecular weight excluding hydrogens is 394 g/mol. The first-order valence-electron chi connectivity index (χ1n) is 7.19. The van der Waals surface area contributed by atoms with Crippen molar-refractivity contribution in [1.82, 2.24) is 15.1 Å². The Balaban J connectivity index is 1.67. The minimum atomic E-state index is -0.648. The summed E-state index contributed by atoms with van der Waals surface area (Å²) in [5.74, 6) is -0.729. The highest BCUT2D eigenvalue weighted by Gasteiger charge is 2.15. The molecule has 1 atom stereocenters. The molecule has 0 fully saturated rings. The van der Waals surface area contributed by atoms with Gasteiger partial charge in [-0.25, -0.2) is 4.79 Å². The minimum absolute atomic E-state index is 0.176. The van der Waals surface area contributed by atoms with Gasteiger partial charge in [-0.1, -0.05) is 34.1 Å². The van der Waals surface area contributed by atoms with Crippen molar-refractivity contribution in [1.29, 1.82) is 0 Å². The van der Waals surface area contributed by atoms with Crippen LogP contribution >= 0.6 is 27.3 Å². The van der Waals surface area contributed by atoms with Crippen LogP contribution in [0.5, 0.6) is 0 Å². The van der Waals surface area contributed by atoms with E-state index in [2.05, 4.69) is 26.3 Å². The van der Waals surface area contributed by atoms with E-state index >= 15 is 0 Å². The molecule has 1 unspecified atom stereocenters. The fourth-order valence-corrected chi connectivity index (χ4v) is 3.07. The number of aromatic nitrogens is 2. The lowest BCUT2D eigenvalue weighted by Gasteiger charge is -2.14. The molecule has 124 valence electrons. The second kappa shape index (κ2) is 7.14. The van der Waals surface area contributed by atoms with Crippen molar-refractivity contribution in [3.05, 3.63) is 62.4 Å². The molecule has 1 aromatic carbocycles. The van der Waals surface area contributed by atoms with Crippen molar-refractivity contribution in [3.63, 3.8) is 0 Å². The number of halogens is 1. The maximum Gasteiger partial charge on any atom is 0.437 e. The summed E-state index contributed by atoms with van der Waals surface area (Å²) in [7, 11) is 0. The lowest BCUT2D eigenvalue weighted by atomic mass is 10.1. The quantitative estimate of drug-likeness (QED) is 0.704. The van der Waals surface area contributed by atoms with Crippen LogP contribution in [-0.2, 0) is 11.3 Å². The van der Waals surface area contributed by atoms with Gasteiger partial charge < -0.3 is 9.73 Å². The van der Waals surface area contributed by atoms with Crippen LogP contribution in [0.2, 0.25) is 0 Å². The molecule has 0 aliphatic rings. The number of thiophene rings is 1. The molecule has 1 amide bonds. The number of benzene rings is 1. The monoisotopic (exact) mass is 407 g/mol. The van der Waals surface area contributed by atoms with Gasteiger partial charge in [-0.3, -0.25) is 4.79 Å². The van der Waals surface area contributed by atoms with Crippen LogP contribution in [-0.4, -0.2) is 15.7 Å². The first kappa shape index (κ1) is 16.7. The highest BCUT2D eigenvalue weighted by molar-refractivity contribution is 9.10. The zero-order valence-corrected chi connectivity index (χ0v) is 15.1. The standard InChI is InChI=1S/C16H14BrN3O3S/c1-10(11-4-6-12(17)7-5-11)18-14(21)9-20-16(22)23-15(19-20)13-3-2-8-24-13/h2-8,10H,9H2,1H3,(H,18,21). The third-order valence-electron chi connectivity index (χ3n) is 3.38. The maximum atomic E-state index is 12.2. The third kappa shape index (κ3) is 3.82. The van der Waals surface area contributed by atoms with Crippen LogP contribution in [0.4, 0.5) is 0 Å². The molecule has 0 radical (unpaired) electrons. The summed E-state index contributed by atoms with van der Waals surface area (Å²) >= 11 is 4.79. The van der Waals surface area contributed by atoms with Crippen molar-refractivity contribution in [2.75, 3.05) is 0 Å². The van der Waals surface area contributed by atoms with Crippen molar-refractivity contribution >= 4 is 33.2 Å². The van der Waals surface area contributed by atoms with Gasteiger partial charge in [-0.2, -0.15) is 4.68 Å². The minimum Gasteiger partial charge on any atom is -0.387 e. The number of nitrogens with zero attached hydrogens (tertiary/aromatic N) is 2. The summed E-state index contributed by atoms with van der Waals surface area (Å²) in [5.41, 5.74) is 0.971. The van der Waals surface area contributed by atoms with E-state index in [-0.39, 0.29) is 24.4 Å². The van der Waals surface area contributed by atoms with E-state index in [1.54, 1.807) is 6.07 Å². The molecule has 0 aliphatic carbocycles. The normalized spacial score (nSPS) is 12.1. The van der Waals surface area contributed by atoms with Crippen LogP contribution in [0.15, 0.2) is 55.5 Å². The Morgan fingerprint density at radius 1 is 1.38 bits per heavy atom. The maximum absolute atomic E-state index is 12.2. The van der Waals surface area contributed by atoms with Gasteiger partial charge in [-0.15, -0.1) is 16.4 Å². The molecule has 0 saturated carbocycles. The van der Waals surface area contributed by atoms with E-state index < -0.39 is 5.76 Å². The van der Waals surface area contributed by atoms with Gasteiger partial charge in [0.2, 0.25) is 5.91 Å². The molecule has 8 heteroatoms. The van der Waals surface area contributed by atoms with Crippen molar-refractivity contribution in [2.24, 2.45) is 0 Å². The predicted molar refractivity (Wildman–Crippen MR) is 94.8 cm³/mol. The van der Waals surface area contributed by atoms with Gasteiger partial charge in [-0.05, 0) is 36.1 Å². The summed E-state index contributed by atoms with van der Waals surface area (Å²) in [6.07, 6.45) is 0. The zero-order valence-electron chi connectivity index (χ0n) is 12.7. The lowest BCUT2D eigenvalue weighted by molar-refractivity contribution is -0.122. The molecular formula is C16H14BrN3O3S. The molecule has 0 spiro atoms. The second-order valence-corrected chi connectivity index (χ2v) is 7.01. The number of hydrogen-bond donors (Lipinski definition) is 1. The summed E-state index contributed by atoms with van der Waals surface area (Å²) in [4.78, 5) is 24.7. The molecule has 3 rings (SSSR count). The number of amides is 1. The van der Waals surface area contributed by atoms with Crippen LogP contribution in [0.3, 0.4) is 0 Å². The Morgan fingerprint density at radius 2 is 2.12 bits per heavy atom. The van der Waals surface area contributed by atoms with Crippen molar-refractivity contribution in [3.8, 4) is 10.8 Å². The fraction of sp³-hybridized carbons (Fsp3) is 0.188. The van der Waals surface area contributed by atoms with Crippen LogP contribution in [0.25, 0.3) is 10.8 Å². The van der Waals surface area contributed by atoms with Crippen LogP contribution < -0.4 is 11.1 Å². The Morgan fingerprint density at radius 3 is 2.79 bits per heavy atom. The lowest BCUT2D eigenvalue weighted by Crippen LogP contribution is -2.33. The molecule has 3 aromatic rings. The first-order valence-corrected chi connectivity index (χ1v) is 8.87. The summed E-state index contributed by atoms with van der Waals surface area (Å²) < 4.78 is 7.08. The van der Waals surface area contributed by atoms with Gasteiger partial charge in [0.25, 0.3) is 5.89 Å². The van der Waals surface area contributed by atoms with Gasteiger partial charge in [0, 0.05) is 4.47 Å². The molecule has 1 N–H and O–H groups in total. The highest BCUT2D eigenvalue weighted by atomic mass is 79.9. The molecule has 2 heterocycles. The van der Waals surface area contributed by atoms with Gasteiger partial charge in [0.15, 0.2) is 0 Å². The Labute approximate surface area is 150 Å². The van der Waals surface area contributed by atoms with E-state index in [0.29, 0.717) is 0 Å². The van der Waals surface area contributed by atoms with Gasteiger partial charge in [0.05, 0.1) is 10.9 Å². The molecule has 2 aromatic heterocycles. The summed E-state index contributed by atoms with van der Waals surface area (Å²) in [5, 5.41) is 8.77. The number of carbonyl (C=O) groups excluding carboxylic acids is 1. The molecule has 0 bridgehead atoms. The Kier molecular flexibility index (Phi) is 4.96. The summed E-state index contributed by atoms with van der Waals surface area (Å²) in [6.45, 7) is 1.69. The third-order valence-corrected chi connectivity index (χ3v) is 4.77. The average molecular weight is 408 g/mol. The Hall–Kier alpha value is -2.19. The topological polar surface area (TPSA) is 77.1 Å². The van der Waals surface area contributed by atoms with Crippen molar-refractivity contribution in [2.45, 2.75) is 19.5 Å². The SMILES string of the molecule is CC(NC(=O)Cn1nc(-c2cccs2)oc1=O)c1ccc(Br)cc1. The predicted octanol–water partition coefficient (Wildman–Crippen LogP) is 3.20. The molecule has 24 heavy (non-hydrogen) atoms. The smallest absolute Gasteiger partial charge is 0.387 e. The zero-order chi connectivity index (χ0) is 17.1. The van der Waals surface area contributed by atoms with E-state index in [1.165, 1.54) is 11.3 Å². The first-order chi connectivity index (χ1) is 11.5. The van der Waals surface area contributed by atoms with Crippen molar-refractivity contribution < 1.29 is 9.21 Å². The molecule has 6 nitrogen and oxygen atoms in total. The number of carbonyl (C=O) groups is 1. The number of hydrogen-bond acceptors (Lipinski definition) is 5. The van der Waals surface area contributed by atoms with E-state index in [1.807, 2.05) is 42.6 Å². The number of rotatable bonds is 5. The average Bonchev–Trinajstić information content (AvgIpc) is 3.18. The number of nitrogens with one attached hydrogen (secondary N) is 1. The van der Waals surface area contributed by atoms with E-state index in [0.717, 1.165) is 19.6 Å². The molecule has 0 aliphatic heterocycles. The van der Waals surface area contributed by atoms with Gasteiger partial charge >= 0.3 is 5.76 Å².